The van der Waals surface area contributed by atoms with Gasteiger partial charge in [-0.25, -0.2) is 4.99 Å². The molecule has 0 saturated heterocycles. The topological polar surface area (TPSA) is 22.2 Å². The largest absolute Gasteiger partial charge is 0.312 e. The maximum atomic E-state index is 5.55. The summed E-state index contributed by atoms with van der Waals surface area (Å²) in [6, 6.07) is 63.5. The van der Waals surface area contributed by atoms with E-state index in [2.05, 4.69) is 197 Å². The number of nitrogens with zero attached hydrogens (tertiary/aromatic N) is 3. The average molecular weight is 676 g/mol. The van der Waals surface area contributed by atoms with E-state index in [4.69, 9.17) is 4.99 Å². The van der Waals surface area contributed by atoms with Crippen molar-refractivity contribution >= 4 is 82.3 Å². The van der Waals surface area contributed by atoms with Crippen LogP contribution < -0.4 is 0 Å². The standard InChI is InChI=1S/C50H33N3/c1-2-18-35(19-3-1)53-46-26-10-8-22-41(46)42-29-31-48-49(50(42)53)43-23-9-11-27-47(43)52(48)36-28-30-44(39-24-12-16-33-14-4-6-20-37(33)39)51-45(32-36)40-25-13-17-34-15-5-7-21-38(34)40/h1-27,29-32H,28H2. The second-order valence-corrected chi connectivity index (χ2v) is 13.9. The van der Waals surface area contributed by atoms with Crippen molar-refractivity contribution in [3.8, 4) is 5.69 Å². The van der Waals surface area contributed by atoms with E-state index in [9.17, 15) is 0 Å². The lowest BCUT2D eigenvalue weighted by molar-refractivity contribution is 1.14. The van der Waals surface area contributed by atoms with E-state index in [-0.39, 0.29) is 0 Å². The van der Waals surface area contributed by atoms with Crippen LogP contribution in [-0.2, 0) is 0 Å². The third-order valence-electron chi connectivity index (χ3n) is 11.0. The molecule has 53 heavy (non-hydrogen) atoms. The molecule has 0 spiro atoms. The molecule has 1 aliphatic rings. The number of allylic oxidation sites excluding steroid dienone is 3. The van der Waals surface area contributed by atoms with Gasteiger partial charge >= 0.3 is 0 Å². The Morgan fingerprint density at radius 2 is 1.00 bits per heavy atom. The molecule has 0 saturated carbocycles. The molecule has 3 heterocycles. The van der Waals surface area contributed by atoms with Crippen LogP contribution in [0.3, 0.4) is 0 Å². The third-order valence-corrected chi connectivity index (χ3v) is 11.0. The molecule has 0 radical (unpaired) electrons. The lowest BCUT2D eigenvalue weighted by Gasteiger charge is -2.13. The molecule has 0 aliphatic carbocycles. The second kappa shape index (κ2) is 11.8. The van der Waals surface area contributed by atoms with E-state index < -0.39 is 0 Å². The molecule has 0 amide bonds. The first-order chi connectivity index (χ1) is 26.3. The minimum Gasteiger partial charge on any atom is -0.312 e. The Balaban J connectivity index is 1.22. The van der Waals surface area contributed by atoms with Crippen LogP contribution in [0, 0.1) is 0 Å². The Morgan fingerprint density at radius 1 is 0.415 bits per heavy atom. The molecule has 0 bridgehead atoms. The van der Waals surface area contributed by atoms with E-state index >= 15 is 0 Å². The van der Waals surface area contributed by atoms with Crippen molar-refractivity contribution in [2.24, 2.45) is 4.99 Å². The zero-order valence-electron chi connectivity index (χ0n) is 28.9. The van der Waals surface area contributed by atoms with Gasteiger partial charge in [-0.1, -0.05) is 152 Å². The van der Waals surface area contributed by atoms with Gasteiger partial charge in [-0.15, -0.1) is 0 Å². The van der Waals surface area contributed by atoms with Crippen molar-refractivity contribution in [2.75, 3.05) is 0 Å². The number of rotatable bonds is 4. The summed E-state index contributed by atoms with van der Waals surface area (Å²) in [5.74, 6) is 0. The third kappa shape index (κ3) is 4.57. The molecule has 248 valence electrons. The molecular weight excluding hydrogens is 643 g/mol. The van der Waals surface area contributed by atoms with Gasteiger partial charge in [0.1, 0.15) is 0 Å². The van der Waals surface area contributed by atoms with Crippen molar-refractivity contribution in [3.05, 3.63) is 199 Å². The molecule has 0 fully saturated rings. The quantitative estimate of drug-likeness (QED) is 0.177. The Bertz CT molecular complexity index is 3180. The van der Waals surface area contributed by atoms with E-state index in [0.29, 0.717) is 6.42 Å². The molecule has 2 aromatic heterocycles. The highest BCUT2D eigenvalue weighted by Crippen LogP contribution is 2.43. The number of benzene rings is 8. The minimum absolute atomic E-state index is 0.712. The van der Waals surface area contributed by atoms with Gasteiger partial charge in [0.15, 0.2) is 0 Å². The number of fused-ring (bicyclic) bond motifs is 9. The highest BCUT2D eigenvalue weighted by Gasteiger charge is 2.23. The SMILES string of the molecule is C1=C(c2cccc3ccccc23)N=C(c2cccc3ccccc23)C=C(n2c3ccccc3c3c2ccc2c4ccccc4n(-c4ccccc4)c23)C1. The lowest BCUT2D eigenvalue weighted by Crippen LogP contribution is -2.03. The number of hydrogen-bond donors (Lipinski definition) is 0. The van der Waals surface area contributed by atoms with Crippen LogP contribution in [0.25, 0.3) is 82.2 Å². The van der Waals surface area contributed by atoms with Crippen molar-refractivity contribution < 1.29 is 0 Å². The number of hydrogen-bond acceptors (Lipinski definition) is 1. The van der Waals surface area contributed by atoms with Gasteiger partial charge < -0.3 is 9.13 Å². The number of para-hydroxylation sites is 3. The number of aliphatic imine (C=N–C) groups is 1. The fraction of sp³-hybridized carbons (Fsp3) is 0.0200. The van der Waals surface area contributed by atoms with Crippen LogP contribution in [-0.4, -0.2) is 14.8 Å². The van der Waals surface area contributed by atoms with Gasteiger partial charge in [0, 0.05) is 50.5 Å². The first-order valence-corrected chi connectivity index (χ1v) is 18.3. The van der Waals surface area contributed by atoms with Gasteiger partial charge in [0.25, 0.3) is 0 Å². The Labute approximate surface area is 306 Å². The van der Waals surface area contributed by atoms with E-state index in [1.165, 1.54) is 70.9 Å². The smallest absolute Gasteiger partial charge is 0.0733 e. The van der Waals surface area contributed by atoms with Crippen LogP contribution in [0.4, 0.5) is 0 Å². The van der Waals surface area contributed by atoms with E-state index in [1.807, 2.05) is 0 Å². The van der Waals surface area contributed by atoms with Crippen LogP contribution in [0.2, 0.25) is 0 Å². The summed E-state index contributed by atoms with van der Waals surface area (Å²) in [4.78, 5) is 5.55. The summed E-state index contributed by atoms with van der Waals surface area (Å²) < 4.78 is 4.94. The first-order valence-electron chi connectivity index (χ1n) is 18.3. The van der Waals surface area contributed by atoms with Gasteiger partial charge in [0.2, 0.25) is 0 Å². The fourth-order valence-corrected chi connectivity index (χ4v) is 8.65. The summed E-state index contributed by atoms with van der Waals surface area (Å²) in [5, 5.41) is 9.82. The maximum absolute atomic E-state index is 5.55. The predicted molar refractivity (Wildman–Crippen MR) is 225 cm³/mol. The van der Waals surface area contributed by atoms with Crippen LogP contribution in [0.15, 0.2) is 193 Å². The Hall–Kier alpha value is -6.97. The highest BCUT2D eigenvalue weighted by atomic mass is 15.0. The Kier molecular flexibility index (Phi) is 6.62. The fourth-order valence-electron chi connectivity index (χ4n) is 8.65. The molecule has 0 unspecified atom stereocenters. The molecule has 8 aromatic carbocycles. The van der Waals surface area contributed by atoms with Crippen LogP contribution in [0.1, 0.15) is 17.5 Å². The summed E-state index contributed by atoms with van der Waals surface area (Å²) in [7, 11) is 0. The molecule has 0 atom stereocenters. The molecular formula is C50H33N3. The normalized spacial score (nSPS) is 13.5. The highest BCUT2D eigenvalue weighted by molar-refractivity contribution is 6.27. The molecule has 3 nitrogen and oxygen atoms in total. The molecule has 1 aliphatic heterocycles. The predicted octanol–water partition coefficient (Wildman–Crippen LogP) is 13.0. The lowest BCUT2D eigenvalue weighted by atomic mass is 9.99. The number of aromatic nitrogens is 2. The van der Waals surface area contributed by atoms with Crippen molar-refractivity contribution in [2.45, 2.75) is 6.42 Å². The second-order valence-electron chi connectivity index (χ2n) is 13.9. The summed E-state index contributed by atoms with van der Waals surface area (Å²) >= 11 is 0. The zero-order chi connectivity index (χ0) is 34.9. The zero-order valence-corrected chi connectivity index (χ0v) is 28.9. The van der Waals surface area contributed by atoms with E-state index in [0.717, 1.165) is 28.2 Å². The molecule has 11 rings (SSSR count). The monoisotopic (exact) mass is 675 g/mol. The maximum Gasteiger partial charge on any atom is 0.0733 e. The minimum atomic E-state index is 0.712. The van der Waals surface area contributed by atoms with Gasteiger partial charge in [-0.05, 0) is 58.0 Å². The molecule has 10 aromatic rings. The summed E-state index contributed by atoms with van der Waals surface area (Å²) in [6.07, 6.45) is 5.37. The summed E-state index contributed by atoms with van der Waals surface area (Å²) in [5.41, 5.74) is 11.4. The van der Waals surface area contributed by atoms with Gasteiger partial charge in [-0.2, -0.15) is 0 Å². The van der Waals surface area contributed by atoms with Crippen molar-refractivity contribution in [3.63, 3.8) is 0 Å². The average Bonchev–Trinajstić information content (AvgIpc) is 3.64. The van der Waals surface area contributed by atoms with Crippen molar-refractivity contribution in [1.82, 2.24) is 9.13 Å². The van der Waals surface area contributed by atoms with Crippen LogP contribution >= 0.6 is 0 Å². The molecule has 3 heteroatoms. The van der Waals surface area contributed by atoms with Crippen molar-refractivity contribution in [1.29, 1.82) is 0 Å². The van der Waals surface area contributed by atoms with Gasteiger partial charge in [0.05, 0.1) is 33.5 Å². The van der Waals surface area contributed by atoms with Crippen LogP contribution in [0.5, 0.6) is 0 Å². The summed E-state index contributed by atoms with van der Waals surface area (Å²) in [6.45, 7) is 0. The van der Waals surface area contributed by atoms with E-state index in [1.54, 1.807) is 0 Å². The van der Waals surface area contributed by atoms with Gasteiger partial charge in [-0.3, -0.25) is 0 Å². The first kappa shape index (κ1) is 29.7. The Morgan fingerprint density at radius 3 is 1.75 bits per heavy atom. The molecule has 0 N–H and O–H groups in total.